The van der Waals surface area contributed by atoms with Crippen LogP contribution < -0.4 is 10.6 Å². The fourth-order valence-electron chi connectivity index (χ4n) is 4.55. The minimum absolute atomic E-state index is 0.00371. The summed E-state index contributed by atoms with van der Waals surface area (Å²) in [5.41, 5.74) is 3.40. The van der Waals surface area contributed by atoms with Crippen LogP contribution in [0.3, 0.4) is 0 Å². The highest BCUT2D eigenvalue weighted by Gasteiger charge is 2.40. The number of nitrogens with zero attached hydrogens (tertiary/aromatic N) is 1. The predicted molar refractivity (Wildman–Crippen MR) is 145 cm³/mol. The van der Waals surface area contributed by atoms with Gasteiger partial charge in [-0.15, -0.1) is 0 Å². The van der Waals surface area contributed by atoms with E-state index in [2.05, 4.69) is 10.6 Å². The lowest BCUT2D eigenvalue weighted by atomic mass is 9.98. The van der Waals surface area contributed by atoms with Crippen LogP contribution in [-0.4, -0.2) is 64.4 Å². The molecule has 1 saturated heterocycles. The zero-order valence-corrected chi connectivity index (χ0v) is 22.0. The van der Waals surface area contributed by atoms with Crippen LogP contribution in [0.2, 0.25) is 0 Å². The van der Waals surface area contributed by atoms with Crippen LogP contribution in [0.1, 0.15) is 32.6 Å². The lowest BCUT2D eigenvalue weighted by Gasteiger charge is -2.29. The van der Waals surface area contributed by atoms with Gasteiger partial charge in [0.05, 0.1) is 12.6 Å². The van der Waals surface area contributed by atoms with E-state index in [4.69, 9.17) is 4.74 Å². The Morgan fingerprint density at radius 2 is 1.72 bits per heavy atom. The number of ether oxygens (including phenoxy) is 1. The fourth-order valence-corrected chi connectivity index (χ4v) is 4.55. The van der Waals surface area contributed by atoms with Gasteiger partial charge in [-0.05, 0) is 49.1 Å². The molecule has 3 aromatic rings. The number of aromatic hydroxyl groups is 1. The zero-order chi connectivity index (χ0) is 27.9. The van der Waals surface area contributed by atoms with Crippen LogP contribution in [0.25, 0.3) is 0 Å². The molecule has 3 aromatic carbocycles. The van der Waals surface area contributed by atoms with E-state index in [-0.39, 0.29) is 31.1 Å². The van der Waals surface area contributed by atoms with E-state index in [1.165, 1.54) is 11.0 Å². The molecule has 4 N–H and O–H groups in total. The molecule has 0 bridgehead atoms. The second kappa shape index (κ2) is 12.6. The molecule has 1 aliphatic rings. The fraction of sp³-hybridized carbons (Fsp3) is 0.300. The molecule has 1 aliphatic heterocycles. The maximum absolute atomic E-state index is 13.5. The van der Waals surface area contributed by atoms with E-state index in [9.17, 15) is 24.6 Å². The Morgan fingerprint density at radius 3 is 2.46 bits per heavy atom. The Bertz CT molecular complexity index is 1330. The lowest BCUT2D eigenvalue weighted by Crippen LogP contribution is -2.56. The van der Waals surface area contributed by atoms with Crippen molar-refractivity contribution in [3.05, 3.63) is 101 Å². The van der Waals surface area contributed by atoms with Crippen LogP contribution in [-0.2, 0) is 27.3 Å². The van der Waals surface area contributed by atoms with Crippen molar-refractivity contribution in [3.8, 4) is 5.75 Å². The first-order valence-corrected chi connectivity index (χ1v) is 12.8. The monoisotopic (exact) mass is 531 g/mol. The second-order valence-corrected chi connectivity index (χ2v) is 9.63. The van der Waals surface area contributed by atoms with Crippen LogP contribution in [0.15, 0.2) is 72.8 Å². The molecule has 4 rings (SSSR count). The van der Waals surface area contributed by atoms with Crippen molar-refractivity contribution in [2.24, 2.45) is 0 Å². The van der Waals surface area contributed by atoms with Crippen molar-refractivity contribution < 1.29 is 29.3 Å². The minimum Gasteiger partial charge on any atom is -0.508 e. The summed E-state index contributed by atoms with van der Waals surface area (Å²) in [7, 11) is 0. The number of rotatable bonds is 9. The molecule has 0 radical (unpaired) electrons. The average Bonchev–Trinajstić information content (AvgIpc) is 3.43. The molecule has 0 aromatic heterocycles. The molecule has 0 aliphatic carbocycles. The largest absolute Gasteiger partial charge is 0.508 e. The number of hydrogen-bond donors (Lipinski definition) is 4. The molecule has 9 nitrogen and oxygen atoms in total. The van der Waals surface area contributed by atoms with Crippen molar-refractivity contribution in [3.63, 3.8) is 0 Å². The molecule has 3 atom stereocenters. The highest BCUT2D eigenvalue weighted by atomic mass is 16.5. The summed E-state index contributed by atoms with van der Waals surface area (Å²) in [5, 5.41) is 26.9. The van der Waals surface area contributed by atoms with E-state index in [0.717, 1.165) is 16.7 Å². The second-order valence-electron chi connectivity index (χ2n) is 9.63. The molecule has 0 spiro atoms. The Morgan fingerprint density at radius 1 is 1.00 bits per heavy atom. The number of carbonyl (C=O) groups is 3. The third-order valence-corrected chi connectivity index (χ3v) is 6.98. The Balaban J connectivity index is 1.50. The van der Waals surface area contributed by atoms with E-state index < -0.39 is 35.9 Å². The van der Waals surface area contributed by atoms with Gasteiger partial charge in [0, 0.05) is 17.7 Å². The number of aliphatic hydroxyl groups excluding tert-OH is 1. The standard InChI is InChI=1S/C30H33N3O6/c1-19-9-6-7-12-22(19)16-31-29(37)25-17-39-18-33(25)30(38)27(35)24(15-21-10-4-3-5-11-21)32-28(36)23-13-8-14-26(34)20(23)2/h3-14,24-25,27,34-35H,15-18H2,1-2H3,(H,31,37)(H,32,36)/t24?,25-,27-/m0/s1. The quantitative estimate of drug-likeness (QED) is 0.335. The molecular formula is C30H33N3O6. The smallest absolute Gasteiger partial charge is 0.256 e. The van der Waals surface area contributed by atoms with Crippen LogP contribution in [0, 0.1) is 13.8 Å². The number of phenolic OH excluding ortho intramolecular Hbond substituents is 1. The summed E-state index contributed by atoms with van der Waals surface area (Å²) in [5.74, 6) is -1.69. The number of benzene rings is 3. The number of amides is 3. The van der Waals surface area contributed by atoms with Crippen molar-refractivity contribution in [2.75, 3.05) is 13.3 Å². The summed E-state index contributed by atoms with van der Waals surface area (Å²) < 4.78 is 5.43. The van der Waals surface area contributed by atoms with E-state index in [0.29, 0.717) is 12.1 Å². The van der Waals surface area contributed by atoms with Gasteiger partial charge in [0.15, 0.2) is 6.10 Å². The van der Waals surface area contributed by atoms with Gasteiger partial charge >= 0.3 is 0 Å². The molecule has 1 fully saturated rings. The van der Waals surface area contributed by atoms with Gasteiger partial charge in [0.1, 0.15) is 18.5 Å². The third-order valence-electron chi connectivity index (χ3n) is 6.98. The normalized spacial score (nSPS) is 16.4. The highest BCUT2D eigenvalue weighted by molar-refractivity contribution is 5.97. The van der Waals surface area contributed by atoms with Gasteiger partial charge in [-0.3, -0.25) is 14.4 Å². The summed E-state index contributed by atoms with van der Waals surface area (Å²) in [6.07, 6.45) is -1.49. The lowest BCUT2D eigenvalue weighted by molar-refractivity contribution is -0.147. The van der Waals surface area contributed by atoms with E-state index in [1.54, 1.807) is 19.1 Å². The van der Waals surface area contributed by atoms with Crippen molar-refractivity contribution in [1.29, 1.82) is 0 Å². The predicted octanol–water partition coefficient (Wildman–Crippen LogP) is 2.21. The maximum Gasteiger partial charge on any atom is 0.256 e. The van der Waals surface area contributed by atoms with Crippen molar-refractivity contribution >= 4 is 17.7 Å². The van der Waals surface area contributed by atoms with Gasteiger partial charge < -0.3 is 30.5 Å². The molecule has 9 heteroatoms. The van der Waals surface area contributed by atoms with Gasteiger partial charge in [0.25, 0.3) is 11.8 Å². The van der Waals surface area contributed by atoms with Gasteiger partial charge in [-0.2, -0.15) is 0 Å². The van der Waals surface area contributed by atoms with Crippen molar-refractivity contribution in [2.45, 2.75) is 45.0 Å². The number of nitrogens with one attached hydrogen (secondary N) is 2. The molecular weight excluding hydrogens is 498 g/mol. The number of phenols is 1. The number of aliphatic hydroxyl groups is 1. The molecule has 3 amide bonds. The Labute approximate surface area is 227 Å². The molecule has 204 valence electrons. The van der Waals surface area contributed by atoms with Gasteiger partial charge in [0.2, 0.25) is 5.91 Å². The van der Waals surface area contributed by atoms with Crippen LogP contribution in [0.5, 0.6) is 5.75 Å². The maximum atomic E-state index is 13.5. The first kappa shape index (κ1) is 27.8. The van der Waals surface area contributed by atoms with Crippen LogP contribution in [0.4, 0.5) is 0 Å². The first-order valence-electron chi connectivity index (χ1n) is 12.8. The SMILES string of the molecule is Cc1ccccc1CNC(=O)[C@@H]1COCN1C(=O)[C@@H](O)C(Cc1ccccc1)NC(=O)c1cccc(O)c1C. The Hall–Kier alpha value is -4.21. The minimum atomic E-state index is -1.65. The van der Waals surface area contributed by atoms with Gasteiger partial charge in [-0.25, -0.2) is 0 Å². The molecule has 39 heavy (non-hydrogen) atoms. The van der Waals surface area contributed by atoms with Crippen LogP contribution >= 0.6 is 0 Å². The van der Waals surface area contributed by atoms with Gasteiger partial charge in [-0.1, -0.05) is 60.7 Å². The highest BCUT2D eigenvalue weighted by Crippen LogP contribution is 2.21. The van der Waals surface area contributed by atoms with E-state index in [1.807, 2.05) is 61.5 Å². The topological polar surface area (TPSA) is 128 Å². The first-order chi connectivity index (χ1) is 18.8. The average molecular weight is 532 g/mol. The van der Waals surface area contributed by atoms with Crippen molar-refractivity contribution in [1.82, 2.24) is 15.5 Å². The zero-order valence-electron chi connectivity index (χ0n) is 22.0. The summed E-state index contributed by atoms with van der Waals surface area (Å²) in [4.78, 5) is 40.8. The summed E-state index contributed by atoms with van der Waals surface area (Å²) in [6, 6.07) is 19.5. The summed E-state index contributed by atoms with van der Waals surface area (Å²) >= 11 is 0. The van der Waals surface area contributed by atoms with E-state index >= 15 is 0 Å². The third kappa shape index (κ3) is 6.63. The molecule has 1 heterocycles. The Kier molecular flexibility index (Phi) is 8.96. The number of aryl methyl sites for hydroxylation is 1. The molecule has 1 unspecified atom stereocenters. The number of carbonyl (C=O) groups excluding carboxylic acids is 3. The summed E-state index contributed by atoms with van der Waals surface area (Å²) in [6.45, 7) is 3.69. The number of hydrogen-bond acceptors (Lipinski definition) is 6. The molecule has 0 saturated carbocycles.